The molecule has 2 heterocycles. The van der Waals surface area contributed by atoms with Crippen LogP contribution >= 0.6 is 23.2 Å². The predicted octanol–water partition coefficient (Wildman–Crippen LogP) is 2.29. The first-order chi connectivity index (χ1) is 11.1. The molecule has 3 aromatic rings. The second kappa shape index (κ2) is 6.72. The van der Waals surface area contributed by atoms with Crippen LogP contribution < -0.4 is 5.32 Å². The number of hydrogen-bond donors (Lipinski definition) is 1. The monoisotopic (exact) mass is 348 g/mol. The number of hydrogen-bond acceptors (Lipinski definition) is 5. The van der Waals surface area contributed by atoms with Crippen molar-refractivity contribution in [3.63, 3.8) is 0 Å². The van der Waals surface area contributed by atoms with Gasteiger partial charge in [0.05, 0.1) is 0 Å². The molecule has 0 aliphatic carbocycles. The Bertz CT molecular complexity index is 820. The minimum atomic E-state index is -0.353. The first kappa shape index (κ1) is 15.4. The highest BCUT2D eigenvalue weighted by Gasteiger charge is 2.10. The molecule has 0 unspecified atom stereocenters. The number of carbonyl (C=O) groups is 1. The third-order valence-electron chi connectivity index (χ3n) is 2.99. The van der Waals surface area contributed by atoms with Crippen LogP contribution in [0.3, 0.4) is 0 Å². The lowest BCUT2D eigenvalue weighted by molar-refractivity contribution is 0.0945. The predicted molar refractivity (Wildman–Crippen MR) is 84.6 cm³/mol. The summed E-state index contributed by atoms with van der Waals surface area (Å²) in [5.41, 5.74) is 0.954. The molecule has 3 rings (SSSR count). The average Bonchev–Trinajstić information content (AvgIpc) is 3.08. The lowest BCUT2D eigenvalue weighted by atomic mass is 10.2. The zero-order chi connectivity index (χ0) is 16.2. The van der Waals surface area contributed by atoms with E-state index in [2.05, 4.69) is 25.6 Å². The van der Waals surface area contributed by atoms with Gasteiger partial charge in [-0.2, -0.15) is 5.10 Å². The van der Waals surface area contributed by atoms with Crippen molar-refractivity contribution in [2.75, 3.05) is 0 Å². The van der Waals surface area contributed by atoms with Gasteiger partial charge in [0.2, 0.25) is 0 Å². The van der Waals surface area contributed by atoms with Crippen molar-refractivity contribution in [2.24, 2.45) is 0 Å². The number of benzene rings is 1. The van der Waals surface area contributed by atoms with Crippen molar-refractivity contribution in [1.29, 1.82) is 0 Å². The van der Waals surface area contributed by atoms with Crippen molar-refractivity contribution >= 4 is 29.1 Å². The van der Waals surface area contributed by atoms with Gasteiger partial charge in [-0.25, -0.2) is 9.67 Å². The molecule has 7 nitrogen and oxygen atoms in total. The van der Waals surface area contributed by atoms with Gasteiger partial charge in [0.1, 0.15) is 12.7 Å². The molecule has 0 saturated carbocycles. The topological polar surface area (TPSA) is 85.6 Å². The molecule has 116 valence electrons. The van der Waals surface area contributed by atoms with Gasteiger partial charge >= 0.3 is 0 Å². The molecule has 0 bridgehead atoms. The standard InChI is InChI=1S/C14H10Cl2N6O/c15-10-2-1-9(11(16)5-10)6-18-14(23)12-3-4-13(21-20-12)22-8-17-7-19-22/h1-5,7-8H,6H2,(H,18,23). The molecule has 9 heteroatoms. The Labute approximate surface area is 141 Å². The van der Waals surface area contributed by atoms with Crippen LogP contribution in [0.1, 0.15) is 16.1 Å². The fraction of sp³-hybridized carbons (Fsp3) is 0.0714. The fourth-order valence-electron chi connectivity index (χ4n) is 1.83. The van der Waals surface area contributed by atoms with Crippen LogP contribution in [0.15, 0.2) is 43.0 Å². The fourth-order valence-corrected chi connectivity index (χ4v) is 2.30. The largest absolute Gasteiger partial charge is 0.347 e. The number of nitrogens with one attached hydrogen (secondary N) is 1. The molecule has 1 amide bonds. The number of nitrogens with zero attached hydrogens (tertiary/aromatic N) is 5. The van der Waals surface area contributed by atoms with Gasteiger partial charge in [-0.3, -0.25) is 4.79 Å². The third-order valence-corrected chi connectivity index (χ3v) is 3.58. The summed E-state index contributed by atoms with van der Waals surface area (Å²) in [6.45, 7) is 0.265. The summed E-state index contributed by atoms with van der Waals surface area (Å²) in [5, 5.41) is 15.5. The van der Waals surface area contributed by atoms with E-state index in [0.717, 1.165) is 5.56 Å². The van der Waals surface area contributed by atoms with Gasteiger partial charge in [-0.1, -0.05) is 29.3 Å². The van der Waals surface area contributed by atoms with Crippen molar-refractivity contribution in [1.82, 2.24) is 30.3 Å². The van der Waals surface area contributed by atoms with Gasteiger partial charge < -0.3 is 5.32 Å². The molecule has 1 N–H and O–H groups in total. The maximum Gasteiger partial charge on any atom is 0.272 e. The first-order valence-electron chi connectivity index (χ1n) is 6.54. The van der Waals surface area contributed by atoms with Crippen LogP contribution in [0, 0.1) is 0 Å². The van der Waals surface area contributed by atoms with E-state index in [0.29, 0.717) is 15.9 Å². The minimum Gasteiger partial charge on any atom is -0.347 e. The molecule has 0 saturated heterocycles. The summed E-state index contributed by atoms with van der Waals surface area (Å²) in [5.74, 6) is 0.119. The SMILES string of the molecule is O=C(NCc1ccc(Cl)cc1Cl)c1ccc(-n2cncn2)nn1. The number of halogens is 2. The molecule has 0 aliphatic heterocycles. The molecular weight excluding hydrogens is 339 g/mol. The highest BCUT2D eigenvalue weighted by atomic mass is 35.5. The van der Waals surface area contributed by atoms with Crippen LogP contribution in [-0.4, -0.2) is 30.9 Å². The van der Waals surface area contributed by atoms with Gasteiger partial charge in [-0.05, 0) is 29.8 Å². The van der Waals surface area contributed by atoms with E-state index >= 15 is 0 Å². The summed E-state index contributed by atoms with van der Waals surface area (Å²) in [6, 6.07) is 8.28. The van der Waals surface area contributed by atoms with E-state index < -0.39 is 0 Å². The highest BCUT2D eigenvalue weighted by Crippen LogP contribution is 2.20. The van der Waals surface area contributed by atoms with Gasteiger partial charge in [0, 0.05) is 16.6 Å². The van der Waals surface area contributed by atoms with Crippen LogP contribution in [0.2, 0.25) is 10.0 Å². The molecule has 2 aromatic heterocycles. The van der Waals surface area contributed by atoms with E-state index in [1.54, 1.807) is 30.3 Å². The van der Waals surface area contributed by atoms with Crippen LogP contribution in [0.5, 0.6) is 0 Å². The average molecular weight is 349 g/mol. The normalized spacial score (nSPS) is 10.5. The summed E-state index contributed by atoms with van der Waals surface area (Å²) in [6.07, 6.45) is 2.88. The van der Waals surface area contributed by atoms with Gasteiger partial charge in [0.25, 0.3) is 5.91 Å². The summed E-state index contributed by atoms with van der Waals surface area (Å²) >= 11 is 11.9. The van der Waals surface area contributed by atoms with Crippen LogP contribution in [-0.2, 0) is 6.54 Å². The molecule has 23 heavy (non-hydrogen) atoms. The Morgan fingerprint density at radius 1 is 1.17 bits per heavy atom. The molecule has 0 spiro atoms. The van der Waals surface area contributed by atoms with Crippen LogP contribution in [0.4, 0.5) is 0 Å². The molecule has 0 radical (unpaired) electrons. The first-order valence-corrected chi connectivity index (χ1v) is 7.30. The van der Waals surface area contributed by atoms with Gasteiger partial charge in [-0.15, -0.1) is 10.2 Å². The summed E-state index contributed by atoms with van der Waals surface area (Å²) < 4.78 is 1.45. The Morgan fingerprint density at radius 2 is 2.04 bits per heavy atom. The Morgan fingerprint density at radius 3 is 2.70 bits per heavy atom. The summed E-state index contributed by atoms with van der Waals surface area (Å²) in [7, 11) is 0. The zero-order valence-electron chi connectivity index (χ0n) is 11.6. The second-order valence-electron chi connectivity index (χ2n) is 4.54. The molecule has 1 aromatic carbocycles. The number of carbonyl (C=O) groups excluding carboxylic acids is 1. The molecule has 0 atom stereocenters. The van der Waals surface area contributed by atoms with Crippen molar-refractivity contribution < 1.29 is 4.79 Å². The van der Waals surface area contributed by atoms with E-state index in [9.17, 15) is 4.79 Å². The quantitative estimate of drug-likeness (QED) is 0.781. The third kappa shape index (κ3) is 3.64. The maximum absolute atomic E-state index is 12.1. The zero-order valence-corrected chi connectivity index (χ0v) is 13.2. The van der Waals surface area contributed by atoms with E-state index in [1.165, 1.54) is 17.3 Å². The Hall–Kier alpha value is -2.51. The second-order valence-corrected chi connectivity index (χ2v) is 5.38. The smallest absolute Gasteiger partial charge is 0.272 e. The molecule has 0 aliphatic rings. The van der Waals surface area contributed by atoms with Gasteiger partial charge in [0.15, 0.2) is 11.5 Å². The number of rotatable bonds is 4. The Balaban J connectivity index is 1.66. The minimum absolute atomic E-state index is 0.193. The maximum atomic E-state index is 12.1. The Kier molecular flexibility index (Phi) is 4.50. The molecular formula is C14H10Cl2N6O. The van der Waals surface area contributed by atoms with Crippen molar-refractivity contribution in [2.45, 2.75) is 6.54 Å². The van der Waals surface area contributed by atoms with E-state index in [-0.39, 0.29) is 18.1 Å². The number of amides is 1. The highest BCUT2D eigenvalue weighted by molar-refractivity contribution is 6.35. The van der Waals surface area contributed by atoms with Crippen molar-refractivity contribution in [3.8, 4) is 5.82 Å². The van der Waals surface area contributed by atoms with Crippen molar-refractivity contribution in [3.05, 3.63) is 64.3 Å². The van der Waals surface area contributed by atoms with Crippen LogP contribution in [0.25, 0.3) is 5.82 Å². The lowest BCUT2D eigenvalue weighted by Gasteiger charge is -2.07. The van der Waals surface area contributed by atoms with E-state index in [1.807, 2.05) is 0 Å². The number of aromatic nitrogens is 5. The van der Waals surface area contributed by atoms with E-state index in [4.69, 9.17) is 23.2 Å². The molecule has 0 fully saturated rings. The lowest BCUT2D eigenvalue weighted by Crippen LogP contribution is -2.24. The summed E-state index contributed by atoms with van der Waals surface area (Å²) in [4.78, 5) is 15.9.